The molecule has 1 saturated heterocycles. The van der Waals surface area contributed by atoms with E-state index in [0.29, 0.717) is 36.6 Å². The first kappa shape index (κ1) is 22.8. The van der Waals surface area contributed by atoms with Crippen LogP contribution in [0.5, 0.6) is 11.8 Å². The molecule has 5 fully saturated rings. The second kappa shape index (κ2) is 9.08. The van der Waals surface area contributed by atoms with Crippen molar-refractivity contribution in [2.75, 3.05) is 36.9 Å². The average molecular weight is 491 g/mol. The van der Waals surface area contributed by atoms with Crippen LogP contribution in [-0.4, -0.2) is 57.7 Å². The molecule has 11 heteroatoms. The van der Waals surface area contributed by atoms with Crippen molar-refractivity contribution in [1.82, 2.24) is 25.3 Å². The smallest absolute Gasteiger partial charge is 0.321 e. The highest BCUT2D eigenvalue weighted by Gasteiger charge is 2.57. The second-order valence-electron chi connectivity index (χ2n) is 10.6. The molecule has 2 aromatic rings. The summed E-state index contributed by atoms with van der Waals surface area (Å²) in [6.45, 7) is 2.39. The van der Waals surface area contributed by atoms with Crippen LogP contribution in [0.4, 0.5) is 11.8 Å². The predicted octanol–water partition coefficient (Wildman–Crippen LogP) is 1.96. The largest absolute Gasteiger partial charge is 0.489 e. The zero-order valence-electron chi connectivity index (χ0n) is 20.1. The molecule has 4 saturated carbocycles. The van der Waals surface area contributed by atoms with Gasteiger partial charge in [-0.2, -0.15) is 20.2 Å². The van der Waals surface area contributed by atoms with Gasteiger partial charge in [0.1, 0.15) is 0 Å². The Balaban J connectivity index is 1.11. The van der Waals surface area contributed by atoms with Crippen LogP contribution in [0.1, 0.15) is 49.1 Å². The molecule has 1 amide bonds. The monoisotopic (exact) mass is 490 g/mol. The number of nitrogens with one attached hydrogen (secondary N) is 1. The Morgan fingerprint density at radius 1 is 1.19 bits per heavy atom. The minimum Gasteiger partial charge on any atom is -0.489 e. The first-order valence-corrected chi connectivity index (χ1v) is 12.7. The maximum absolute atomic E-state index is 13.0. The van der Waals surface area contributed by atoms with E-state index in [2.05, 4.69) is 36.2 Å². The van der Waals surface area contributed by atoms with Crippen LogP contribution < -0.4 is 25.4 Å². The molecule has 1 aliphatic heterocycles. The number of nitrogens with zero attached hydrogens (tertiary/aromatic N) is 6. The lowest BCUT2D eigenvalue weighted by atomic mass is 9.50. The van der Waals surface area contributed by atoms with E-state index in [-0.39, 0.29) is 35.1 Å². The molecule has 2 atom stereocenters. The number of piperidine rings is 1. The van der Waals surface area contributed by atoms with Crippen molar-refractivity contribution >= 4 is 17.7 Å². The van der Waals surface area contributed by atoms with E-state index >= 15 is 0 Å². The number of amides is 1. The summed E-state index contributed by atoms with van der Waals surface area (Å²) in [5, 5.41) is 12.2. The topological polar surface area (TPSA) is 152 Å². The first-order valence-electron chi connectivity index (χ1n) is 12.7. The van der Waals surface area contributed by atoms with Gasteiger partial charge >= 0.3 is 6.01 Å². The van der Waals surface area contributed by atoms with Crippen LogP contribution in [0, 0.1) is 35.0 Å². The number of hydrogen-bond donors (Lipinski definition) is 2. The van der Waals surface area contributed by atoms with E-state index in [9.17, 15) is 4.79 Å². The Morgan fingerprint density at radius 3 is 2.67 bits per heavy atom. The Hall–Kier alpha value is -3.68. The van der Waals surface area contributed by atoms with Gasteiger partial charge in [-0.1, -0.05) is 0 Å². The number of carbonyl (C=O) groups is 1. The van der Waals surface area contributed by atoms with Crippen molar-refractivity contribution in [2.24, 2.45) is 23.7 Å². The van der Waals surface area contributed by atoms with Gasteiger partial charge in [0, 0.05) is 30.7 Å². The van der Waals surface area contributed by atoms with E-state index in [4.69, 9.17) is 20.5 Å². The molecule has 5 aliphatic rings. The Bertz CT molecular complexity index is 1180. The number of nitrogen functional groups attached to an aromatic ring is 1. The highest BCUT2D eigenvalue weighted by molar-refractivity contribution is 5.91. The summed E-state index contributed by atoms with van der Waals surface area (Å²) < 4.78 is 11.7. The van der Waals surface area contributed by atoms with Crippen LogP contribution >= 0.6 is 0 Å². The molecule has 11 nitrogen and oxygen atoms in total. The molecule has 4 aliphatic carbocycles. The van der Waals surface area contributed by atoms with Crippen LogP contribution in [0.15, 0.2) is 18.3 Å². The van der Waals surface area contributed by atoms with Crippen molar-refractivity contribution in [2.45, 2.75) is 44.1 Å². The van der Waals surface area contributed by atoms with Gasteiger partial charge in [-0.05, 0) is 62.5 Å². The van der Waals surface area contributed by atoms with Gasteiger partial charge in [-0.25, -0.2) is 4.98 Å². The summed E-state index contributed by atoms with van der Waals surface area (Å²) in [7, 11) is 0. The summed E-state index contributed by atoms with van der Waals surface area (Å²) >= 11 is 0. The van der Waals surface area contributed by atoms with E-state index in [1.807, 2.05) is 6.07 Å². The van der Waals surface area contributed by atoms with Crippen molar-refractivity contribution in [3.8, 4) is 17.8 Å². The zero-order valence-corrected chi connectivity index (χ0v) is 20.1. The Labute approximate surface area is 209 Å². The van der Waals surface area contributed by atoms with Crippen LogP contribution in [0.25, 0.3) is 0 Å². The van der Waals surface area contributed by atoms with Crippen molar-refractivity contribution in [1.29, 1.82) is 5.26 Å². The summed E-state index contributed by atoms with van der Waals surface area (Å²) in [5.74, 6) is 2.60. The first-order chi connectivity index (χ1) is 17.5. The molecule has 7 rings (SSSR count). The lowest BCUT2D eigenvalue weighted by molar-refractivity contribution is -0.0441. The van der Waals surface area contributed by atoms with Crippen molar-refractivity contribution in [3.05, 3.63) is 24.2 Å². The maximum Gasteiger partial charge on any atom is 0.321 e. The molecule has 0 aromatic carbocycles. The molecule has 3 N–H and O–H groups in total. The fourth-order valence-electron chi connectivity index (χ4n) is 5.39. The highest BCUT2D eigenvalue weighted by atomic mass is 16.5. The van der Waals surface area contributed by atoms with Gasteiger partial charge in [0.15, 0.2) is 11.6 Å². The lowest BCUT2D eigenvalue weighted by Crippen LogP contribution is -2.68. The number of ether oxygens (including phenoxy) is 2. The molecular formula is C25H30N8O3. The van der Waals surface area contributed by atoms with E-state index < -0.39 is 0 Å². The van der Waals surface area contributed by atoms with Crippen LogP contribution in [-0.2, 0) is 0 Å². The molecule has 2 bridgehead atoms. The number of nitrogens with two attached hydrogens (primary N) is 1. The highest BCUT2D eigenvalue weighted by Crippen LogP contribution is 2.57. The molecule has 0 radical (unpaired) electrons. The standard InChI is InChI=1S/C25H30N8O3/c26-12-17-8-18(17)14-36-24-30-21(22(34)32-25-9-16(10-25)11-25)29-23(31-24)33-6-3-15(4-7-33)13-35-19-2-1-5-28-20(19)27/h1-2,5,15-18H,3-4,6-11,13-14H2,(H2,27,28)(H,32,34)/t16?,17-,18+,25?/m0/s1. The molecule has 36 heavy (non-hydrogen) atoms. The van der Waals surface area contributed by atoms with E-state index in [0.717, 1.165) is 57.5 Å². The third-order valence-corrected chi connectivity index (χ3v) is 7.91. The van der Waals surface area contributed by atoms with Crippen LogP contribution in [0.2, 0.25) is 0 Å². The zero-order chi connectivity index (χ0) is 24.7. The molecule has 188 valence electrons. The summed E-state index contributed by atoms with van der Waals surface area (Å²) in [6.07, 6.45) is 7.36. The van der Waals surface area contributed by atoms with E-state index in [1.165, 1.54) is 0 Å². The number of hydrogen-bond acceptors (Lipinski definition) is 10. The van der Waals surface area contributed by atoms with Gasteiger partial charge in [-0.3, -0.25) is 4.79 Å². The molecule has 2 aromatic heterocycles. The maximum atomic E-state index is 13.0. The molecule has 0 spiro atoms. The second-order valence-corrected chi connectivity index (χ2v) is 10.6. The normalized spacial score (nSPS) is 28.3. The quantitative estimate of drug-likeness (QED) is 0.533. The number of carbonyl (C=O) groups excluding carboxylic acids is 1. The number of aromatic nitrogens is 4. The van der Waals surface area contributed by atoms with Gasteiger partial charge in [0.2, 0.25) is 11.8 Å². The van der Waals surface area contributed by atoms with Gasteiger partial charge in [0.05, 0.1) is 25.2 Å². The summed E-state index contributed by atoms with van der Waals surface area (Å²) in [4.78, 5) is 32.5. The average Bonchev–Trinajstić information content (AvgIpc) is 3.62. The third-order valence-electron chi connectivity index (χ3n) is 7.91. The molecular weight excluding hydrogens is 460 g/mol. The summed E-state index contributed by atoms with van der Waals surface area (Å²) in [6, 6.07) is 6.03. The van der Waals surface area contributed by atoms with Gasteiger partial charge in [0.25, 0.3) is 5.91 Å². The Morgan fingerprint density at radius 2 is 2.00 bits per heavy atom. The number of nitriles is 1. The lowest BCUT2D eigenvalue weighted by Gasteiger charge is -2.61. The van der Waals surface area contributed by atoms with Crippen molar-refractivity contribution < 1.29 is 14.3 Å². The summed E-state index contributed by atoms with van der Waals surface area (Å²) in [5.41, 5.74) is 5.81. The molecule has 3 heterocycles. The minimum atomic E-state index is -0.277. The van der Waals surface area contributed by atoms with Gasteiger partial charge < -0.3 is 25.4 Å². The van der Waals surface area contributed by atoms with Crippen molar-refractivity contribution in [3.63, 3.8) is 0 Å². The number of rotatable bonds is 9. The predicted molar refractivity (Wildman–Crippen MR) is 129 cm³/mol. The fraction of sp³-hybridized carbons (Fsp3) is 0.600. The third kappa shape index (κ3) is 4.59. The Kier molecular flexibility index (Phi) is 5.74. The number of pyridine rings is 1. The van der Waals surface area contributed by atoms with Crippen LogP contribution in [0.3, 0.4) is 0 Å². The molecule has 0 unspecified atom stereocenters. The van der Waals surface area contributed by atoms with E-state index in [1.54, 1.807) is 12.3 Å². The number of anilines is 2. The minimum absolute atomic E-state index is 0.0293. The van der Waals surface area contributed by atoms with Gasteiger partial charge in [-0.15, -0.1) is 0 Å². The fourth-order valence-corrected chi connectivity index (χ4v) is 5.39. The SMILES string of the molecule is N#C[C@@H]1C[C@@H]1COc1nc(C(=O)NC23CC(C2)C3)nc(N2CCC(COc3cccnc3N)CC2)n1.